The quantitative estimate of drug-likeness (QED) is 0.490. The zero-order valence-electron chi connectivity index (χ0n) is 10.7. The molecule has 2 rings (SSSR count). The molecule has 0 atom stereocenters. The van der Waals surface area contributed by atoms with Crippen molar-refractivity contribution < 1.29 is 13.9 Å². The Labute approximate surface area is 111 Å². The zero-order chi connectivity index (χ0) is 13.7. The number of ether oxygens (including phenoxy) is 1. The molecule has 0 aliphatic heterocycles. The number of rotatable bonds is 5. The minimum atomic E-state index is -0.394. The van der Waals surface area contributed by atoms with Gasteiger partial charge in [-0.1, -0.05) is 19.1 Å². The molecule has 3 N–H and O–H groups in total. The summed E-state index contributed by atoms with van der Waals surface area (Å²) < 4.78 is 10.8. The molecule has 1 aromatic carbocycles. The summed E-state index contributed by atoms with van der Waals surface area (Å²) in [5.41, 5.74) is 3.64. The van der Waals surface area contributed by atoms with Gasteiger partial charge in [0.2, 0.25) is 0 Å². The molecule has 1 amide bonds. The summed E-state index contributed by atoms with van der Waals surface area (Å²) in [5.74, 6) is 5.90. The molecule has 0 saturated carbocycles. The molecular weight excluding hydrogens is 244 g/mol. The van der Waals surface area contributed by atoms with Gasteiger partial charge in [-0.25, -0.2) is 5.84 Å². The van der Waals surface area contributed by atoms with Crippen molar-refractivity contribution in [3.8, 4) is 5.75 Å². The lowest BCUT2D eigenvalue weighted by Gasteiger charge is -2.07. The molecule has 0 bridgehead atoms. The summed E-state index contributed by atoms with van der Waals surface area (Å²) >= 11 is 0. The second-order valence-electron chi connectivity index (χ2n) is 4.02. The topological polar surface area (TPSA) is 77.5 Å². The number of nitrogen functional groups attached to an aromatic ring is 1. The first-order valence-corrected chi connectivity index (χ1v) is 6.03. The van der Waals surface area contributed by atoms with Crippen molar-refractivity contribution in [2.24, 2.45) is 5.84 Å². The van der Waals surface area contributed by atoms with E-state index in [9.17, 15) is 4.79 Å². The maximum Gasteiger partial charge on any atom is 0.268 e. The molecule has 1 heterocycles. The summed E-state index contributed by atoms with van der Waals surface area (Å²) in [5, 5.41) is 0. The summed E-state index contributed by atoms with van der Waals surface area (Å²) in [6.45, 7) is 2.26. The van der Waals surface area contributed by atoms with Crippen LogP contribution in [-0.4, -0.2) is 5.91 Å². The smallest absolute Gasteiger partial charge is 0.268 e. The Kier molecular flexibility index (Phi) is 4.20. The number of carbonyl (C=O) groups is 1. The van der Waals surface area contributed by atoms with Crippen LogP contribution in [0.5, 0.6) is 5.75 Å². The van der Waals surface area contributed by atoms with Gasteiger partial charge in [0.05, 0.1) is 11.8 Å². The Morgan fingerprint density at radius 3 is 3.00 bits per heavy atom. The van der Waals surface area contributed by atoms with E-state index in [0.29, 0.717) is 11.3 Å². The number of carbonyl (C=O) groups excluding carboxylic acids is 1. The average molecular weight is 260 g/mol. The van der Waals surface area contributed by atoms with Gasteiger partial charge in [-0.3, -0.25) is 10.2 Å². The van der Waals surface area contributed by atoms with E-state index in [1.54, 1.807) is 6.07 Å². The number of benzene rings is 1. The first-order chi connectivity index (χ1) is 9.24. The standard InChI is InChI=1S/C14H16N2O3/c1-2-10-4-3-5-11(8-10)19-9-13-12(6-7-18-13)14(17)16-15/h3-8H,2,9,15H2,1H3,(H,16,17). The number of hydrazine groups is 1. The lowest BCUT2D eigenvalue weighted by Crippen LogP contribution is -2.30. The summed E-state index contributed by atoms with van der Waals surface area (Å²) in [6.07, 6.45) is 2.38. The Hall–Kier alpha value is -2.27. The van der Waals surface area contributed by atoms with E-state index in [2.05, 4.69) is 12.3 Å². The maximum absolute atomic E-state index is 11.5. The van der Waals surface area contributed by atoms with Crippen LogP contribution in [0.1, 0.15) is 28.6 Å². The SMILES string of the molecule is CCc1cccc(OCc2occc2C(=O)NN)c1. The Bertz CT molecular complexity index is 563. The molecule has 0 aliphatic rings. The van der Waals surface area contributed by atoms with Crippen molar-refractivity contribution >= 4 is 5.91 Å². The van der Waals surface area contributed by atoms with Crippen molar-refractivity contribution in [3.05, 3.63) is 53.5 Å². The van der Waals surface area contributed by atoms with Crippen molar-refractivity contribution in [2.75, 3.05) is 0 Å². The maximum atomic E-state index is 11.5. The molecule has 0 radical (unpaired) electrons. The normalized spacial score (nSPS) is 10.2. The molecule has 1 aromatic heterocycles. The highest BCUT2D eigenvalue weighted by molar-refractivity contribution is 5.94. The highest BCUT2D eigenvalue weighted by Gasteiger charge is 2.13. The average Bonchev–Trinajstić information content (AvgIpc) is 2.93. The molecule has 100 valence electrons. The van der Waals surface area contributed by atoms with Crippen molar-refractivity contribution in [2.45, 2.75) is 20.0 Å². The predicted octanol–water partition coefficient (Wildman–Crippen LogP) is 2.02. The van der Waals surface area contributed by atoms with Crippen LogP contribution in [0.25, 0.3) is 0 Å². The van der Waals surface area contributed by atoms with Crippen LogP contribution in [-0.2, 0) is 13.0 Å². The number of nitrogens with two attached hydrogens (primary N) is 1. The van der Waals surface area contributed by atoms with E-state index < -0.39 is 5.91 Å². The van der Waals surface area contributed by atoms with Crippen molar-refractivity contribution in [3.63, 3.8) is 0 Å². The van der Waals surface area contributed by atoms with Crippen molar-refractivity contribution in [1.82, 2.24) is 5.43 Å². The lowest BCUT2D eigenvalue weighted by atomic mass is 10.2. The van der Waals surface area contributed by atoms with Crippen LogP contribution < -0.4 is 16.0 Å². The largest absolute Gasteiger partial charge is 0.486 e. The highest BCUT2D eigenvalue weighted by atomic mass is 16.5. The molecule has 2 aromatic rings. The lowest BCUT2D eigenvalue weighted by molar-refractivity contribution is 0.0949. The fourth-order valence-corrected chi connectivity index (χ4v) is 1.74. The summed E-state index contributed by atoms with van der Waals surface area (Å²) in [7, 11) is 0. The van der Waals surface area contributed by atoms with E-state index in [0.717, 1.165) is 12.2 Å². The third-order valence-electron chi connectivity index (χ3n) is 2.80. The monoisotopic (exact) mass is 260 g/mol. The second kappa shape index (κ2) is 6.06. The number of furan rings is 1. The van der Waals surface area contributed by atoms with Gasteiger partial charge in [0, 0.05) is 0 Å². The van der Waals surface area contributed by atoms with E-state index in [1.165, 1.54) is 11.8 Å². The van der Waals surface area contributed by atoms with E-state index in [-0.39, 0.29) is 6.61 Å². The van der Waals surface area contributed by atoms with Crippen LogP contribution in [0.2, 0.25) is 0 Å². The number of nitrogens with one attached hydrogen (secondary N) is 1. The molecule has 0 aliphatic carbocycles. The van der Waals surface area contributed by atoms with Gasteiger partial charge in [0.1, 0.15) is 12.4 Å². The van der Waals surface area contributed by atoms with Crippen LogP contribution in [0.3, 0.4) is 0 Å². The van der Waals surface area contributed by atoms with Gasteiger partial charge >= 0.3 is 0 Å². The Morgan fingerprint density at radius 1 is 1.42 bits per heavy atom. The van der Waals surface area contributed by atoms with Crippen LogP contribution in [0.15, 0.2) is 41.0 Å². The number of hydrogen-bond donors (Lipinski definition) is 2. The number of amides is 1. The first kappa shape index (κ1) is 13.2. The molecule has 5 heteroatoms. The predicted molar refractivity (Wildman–Crippen MR) is 70.5 cm³/mol. The van der Waals surface area contributed by atoms with Crippen molar-refractivity contribution in [1.29, 1.82) is 0 Å². The minimum Gasteiger partial charge on any atom is -0.486 e. The van der Waals surface area contributed by atoms with Gasteiger partial charge in [0.15, 0.2) is 5.76 Å². The summed E-state index contributed by atoms with van der Waals surface area (Å²) in [6, 6.07) is 9.36. The van der Waals surface area contributed by atoms with Crippen LogP contribution >= 0.6 is 0 Å². The second-order valence-corrected chi connectivity index (χ2v) is 4.02. The van der Waals surface area contributed by atoms with Crippen LogP contribution in [0, 0.1) is 0 Å². The summed E-state index contributed by atoms with van der Waals surface area (Å²) in [4.78, 5) is 11.5. The Morgan fingerprint density at radius 2 is 2.26 bits per heavy atom. The fourth-order valence-electron chi connectivity index (χ4n) is 1.74. The molecule has 0 fully saturated rings. The molecule has 19 heavy (non-hydrogen) atoms. The zero-order valence-corrected chi connectivity index (χ0v) is 10.7. The molecule has 0 spiro atoms. The van der Waals surface area contributed by atoms with E-state index in [1.807, 2.05) is 24.3 Å². The van der Waals surface area contributed by atoms with Gasteiger partial charge in [-0.15, -0.1) is 0 Å². The van der Waals surface area contributed by atoms with Gasteiger partial charge in [-0.05, 0) is 30.2 Å². The van der Waals surface area contributed by atoms with Crippen LogP contribution in [0.4, 0.5) is 0 Å². The Balaban J connectivity index is 2.06. The van der Waals surface area contributed by atoms with Gasteiger partial charge in [-0.2, -0.15) is 0 Å². The van der Waals surface area contributed by atoms with E-state index >= 15 is 0 Å². The molecule has 5 nitrogen and oxygen atoms in total. The minimum absolute atomic E-state index is 0.183. The number of hydrogen-bond acceptors (Lipinski definition) is 4. The fraction of sp³-hybridized carbons (Fsp3) is 0.214. The van der Waals surface area contributed by atoms with Gasteiger partial charge < -0.3 is 9.15 Å². The van der Waals surface area contributed by atoms with E-state index in [4.69, 9.17) is 15.0 Å². The number of aryl methyl sites for hydroxylation is 1. The third kappa shape index (κ3) is 3.14. The first-order valence-electron chi connectivity index (χ1n) is 6.03. The molecule has 0 unspecified atom stereocenters. The van der Waals surface area contributed by atoms with Gasteiger partial charge in [0.25, 0.3) is 5.91 Å². The molecular formula is C14H16N2O3. The third-order valence-corrected chi connectivity index (χ3v) is 2.80. The highest BCUT2D eigenvalue weighted by Crippen LogP contribution is 2.17. The molecule has 0 saturated heterocycles.